The number of hydrogen-bond acceptors (Lipinski definition) is 2. The van der Waals surface area contributed by atoms with Gasteiger partial charge in [-0.15, -0.1) is 0 Å². The average Bonchev–Trinajstić information content (AvgIpc) is 2.41. The van der Waals surface area contributed by atoms with Crippen molar-refractivity contribution in [1.29, 1.82) is 0 Å². The van der Waals surface area contributed by atoms with Gasteiger partial charge in [0.1, 0.15) is 11.9 Å². The third kappa shape index (κ3) is 2.94. The second kappa shape index (κ2) is 5.69. The van der Waals surface area contributed by atoms with E-state index in [9.17, 15) is 14.0 Å². The molecule has 1 fully saturated rings. The fourth-order valence-electron chi connectivity index (χ4n) is 2.23. The molecule has 19 heavy (non-hydrogen) atoms. The van der Waals surface area contributed by atoms with E-state index in [1.807, 2.05) is 0 Å². The van der Waals surface area contributed by atoms with E-state index in [4.69, 9.17) is 5.11 Å². The zero-order valence-electron chi connectivity index (χ0n) is 10.1. The van der Waals surface area contributed by atoms with Gasteiger partial charge in [-0.1, -0.05) is 0 Å². The first-order valence-corrected chi connectivity index (χ1v) is 6.79. The topological polar surface area (TPSA) is 57.6 Å². The molecule has 1 N–H and O–H groups in total. The summed E-state index contributed by atoms with van der Waals surface area (Å²) in [6, 6.07) is 3.16. The minimum absolute atomic E-state index is 0.197. The molecular weight excluding hydrogens is 317 g/mol. The molecule has 4 nitrogen and oxygen atoms in total. The van der Waals surface area contributed by atoms with E-state index < -0.39 is 17.8 Å². The van der Waals surface area contributed by atoms with Crippen LogP contribution >= 0.6 is 15.9 Å². The smallest absolute Gasteiger partial charge is 0.326 e. The highest BCUT2D eigenvalue weighted by atomic mass is 79.9. The molecule has 6 heteroatoms. The molecule has 1 amide bonds. The Hall–Kier alpha value is -1.43. The summed E-state index contributed by atoms with van der Waals surface area (Å²) < 4.78 is 13.3. The first-order chi connectivity index (χ1) is 9.00. The molecule has 0 radical (unpaired) electrons. The van der Waals surface area contributed by atoms with Crippen LogP contribution in [-0.4, -0.2) is 34.5 Å². The van der Waals surface area contributed by atoms with Crippen molar-refractivity contribution in [2.24, 2.45) is 0 Å². The number of carboxylic acid groups (broad SMARTS) is 1. The van der Waals surface area contributed by atoms with Crippen molar-refractivity contribution < 1.29 is 19.1 Å². The van der Waals surface area contributed by atoms with E-state index in [0.717, 1.165) is 12.8 Å². The molecule has 0 aromatic heterocycles. The lowest BCUT2D eigenvalue weighted by molar-refractivity contribution is -0.143. The third-order valence-corrected chi connectivity index (χ3v) is 3.82. The fourth-order valence-corrected chi connectivity index (χ4v) is 2.61. The Kier molecular flexibility index (Phi) is 4.19. The SMILES string of the molecule is O=C(O)[C@@H]1CCCCN1C(=O)c1ccc(F)c(Br)c1. The largest absolute Gasteiger partial charge is 0.480 e. The highest BCUT2D eigenvalue weighted by molar-refractivity contribution is 9.10. The zero-order valence-corrected chi connectivity index (χ0v) is 11.7. The maximum atomic E-state index is 13.1. The number of carboxylic acids is 1. The average molecular weight is 330 g/mol. The molecule has 1 aliphatic heterocycles. The Labute approximate surface area is 118 Å². The van der Waals surface area contributed by atoms with Crippen LogP contribution in [0, 0.1) is 5.82 Å². The number of rotatable bonds is 2. The van der Waals surface area contributed by atoms with Crippen molar-refractivity contribution in [2.75, 3.05) is 6.54 Å². The molecule has 1 aromatic carbocycles. The van der Waals surface area contributed by atoms with Crippen molar-refractivity contribution in [1.82, 2.24) is 4.90 Å². The molecule has 1 saturated heterocycles. The van der Waals surface area contributed by atoms with Gasteiger partial charge in [-0.05, 0) is 53.4 Å². The number of nitrogens with zero attached hydrogens (tertiary/aromatic N) is 1. The van der Waals surface area contributed by atoms with Crippen LogP contribution in [0.15, 0.2) is 22.7 Å². The highest BCUT2D eigenvalue weighted by Gasteiger charge is 2.32. The van der Waals surface area contributed by atoms with Crippen LogP contribution in [0.1, 0.15) is 29.6 Å². The quantitative estimate of drug-likeness (QED) is 0.907. The molecule has 102 valence electrons. The number of carbonyl (C=O) groups excluding carboxylic acids is 1. The Morgan fingerprint density at radius 3 is 2.74 bits per heavy atom. The molecule has 0 aliphatic carbocycles. The monoisotopic (exact) mass is 329 g/mol. The van der Waals surface area contributed by atoms with Gasteiger partial charge in [0.2, 0.25) is 0 Å². The summed E-state index contributed by atoms with van der Waals surface area (Å²) in [4.78, 5) is 24.8. The maximum absolute atomic E-state index is 13.1. The van der Waals surface area contributed by atoms with Crippen LogP contribution in [0.2, 0.25) is 0 Å². The Bertz CT molecular complexity index is 521. The van der Waals surface area contributed by atoms with Gasteiger partial charge < -0.3 is 10.0 Å². The van der Waals surface area contributed by atoms with Crippen molar-refractivity contribution >= 4 is 27.8 Å². The molecular formula is C13H13BrFNO3. The highest BCUT2D eigenvalue weighted by Crippen LogP contribution is 2.22. The molecule has 0 unspecified atom stereocenters. The van der Waals surface area contributed by atoms with E-state index in [1.165, 1.54) is 23.1 Å². The lowest BCUT2D eigenvalue weighted by atomic mass is 10.0. The molecule has 0 spiro atoms. The number of piperidine rings is 1. The second-order valence-electron chi connectivity index (χ2n) is 4.48. The first-order valence-electron chi connectivity index (χ1n) is 5.99. The predicted molar refractivity (Wildman–Crippen MR) is 70.4 cm³/mol. The first kappa shape index (κ1) is 14.0. The molecule has 2 rings (SSSR count). The molecule has 0 saturated carbocycles. The summed E-state index contributed by atoms with van der Waals surface area (Å²) in [7, 11) is 0. The van der Waals surface area contributed by atoms with Gasteiger partial charge in [-0.3, -0.25) is 4.79 Å². The van der Waals surface area contributed by atoms with Crippen LogP contribution in [0.25, 0.3) is 0 Å². The van der Waals surface area contributed by atoms with E-state index in [2.05, 4.69) is 15.9 Å². The number of amides is 1. The van der Waals surface area contributed by atoms with Gasteiger partial charge in [0.15, 0.2) is 0 Å². The molecule has 1 aliphatic rings. The summed E-state index contributed by atoms with van der Waals surface area (Å²) in [5.41, 5.74) is 0.293. The normalized spacial score (nSPS) is 19.3. The Morgan fingerprint density at radius 2 is 2.11 bits per heavy atom. The minimum atomic E-state index is -0.991. The van der Waals surface area contributed by atoms with E-state index >= 15 is 0 Å². The molecule has 1 atom stereocenters. The van der Waals surface area contributed by atoms with Crippen LogP contribution in [0.5, 0.6) is 0 Å². The van der Waals surface area contributed by atoms with Gasteiger partial charge in [0.25, 0.3) is 5.91 Å². The number of aliphatic carboxylic acids is 1. The minimum Gasteiger partial charge on any atom is -0.480 e. The van der Waals surface area contributed by atoms with Crippen molar-refractivity contribution in [2.45, 2.75) is 25.3 Å². The van der Waals surface area contributed by atoms with Gasteiger partial charge in [0, 0.05) is 12.1 Å². The third-order valence-electron chi connectivity index (χ3n) is 3.22. The number of likely N-dealkylation sites (tertiary alicyclic amines) is 1. The van der Waals surface area contributed by atoms with Crippen LogP contribution in [0.3, 0.4) is 0 Å². The molecule has 1 heterocycles. The van der Waals surface area contributed by atoms with Gasteiger partial charge >= 0.3 is 5.97 Å². The van der Waals surface area contributed by atoms with E-state index in [-0.39, 0.29) is 10.4 Å². The zero-order chi connectivity index (χ0) is 14.0. The van der Waals surface area contributed by atoms with Gasteiger partial charge in [-0.2, -0.15) is 0 Å². The second-order valence-corrected chi connectivity index (χ2v) is 5.33. The van der Waals surface area contributed by atoms with Crippen molar-refractivity contribution in [3.63, 3.8) is 0 Å². The number of carbonyl (C=O) groups is 2. The Balaban J connectivity index is 2.26. The van der Waals surface area contributed by atoms with E-state index in [1.54, 1.807) is 0 Å². The Morgan fingerprint density at radius 1 is 1.37 bits per heavy atom. The van der Waals surface area contributed by atoms with Crippen LogP contribution in [-0.2, 0) is 4.79 Å². The lowest BCUT2D eigenvalue weighted by Crippen LogP contribution is -2.48. The summed E-state index contributed by atoms with van der Waals surface area (Å²) in [6.45, 7) is 0.421. The molecule has 1 aromatic rings. The summed E-state index contributed by atoms with van der Waals surface area (Å²) in [5.74, 6) is -1.81. The summed E-state index contributed by atoms with van der Waals surface area (Å²) >= 11 is 3.02. The van der Waals surface area contributed by atoms with Crippen LogP contribution in [0.4, 0.5) is 4.39 Å². The number of hydrogen-bond donors (Lipinski definition) is 1. The summed E-state index contributed by atoms with van der Waals surface area (Å²) in [5, 5.41) is 9.14. The standard InChI is InChI=1S/C13H13BrFNO3/c14-9-7-8(4-5-10(9)15)12(17)16-6-2-1-3-11(16)13(18)19/h4-5,7,11H,1-3,6H2,(H,18,19)/t11-/m0/s1. The van der Waals surface area contributed by atoms with Crippen molar-refractivity contribution in [3.05, 3.63) is 34.1 Å². The number of benzene rings is 1. The number of halogens is 2. The van der Waals surface area contributed by atoms with Gasteiger partial charge in [-0.25, -0.2) is 9.18 Å². The predicted octanol–water partition coefficient (Wildman–Crippen LogP) is 2.67. The van der Waals surface area contributed by atoms with E-state index in [0.29, 0.717) is 18.5 Å². The summed E-state index contributed by atoms with van der Waals surface area (Å²) in [6.07, 6.45) is 2.05. The van der Waals surface area contributed by atoms with Crippen molar-refractivity contribution in [3.8, 4) is 0 Å². The maximum Gasteiger partial charge on any atom is 0.326 e. The van der Waals surface area contributed by atoms with Crippen LogP contribution < -0.4 is 0 Å². The lowest BCUT2D eigenvalue weighted by Gasteiger charge is -2.33. The van der Waals surface area contributed by atoms with Gasteiger partial charge in [0.05, 0.1) is 4.47 Å². The fraction of sp³-hybridized carbons (Fsp3) is 0.385. The molecule has 0 bridgehead atoms.